The maximum Gasteiger partial charge on any atom is 0.315 e. The number of aromatic nitrogens is 2. The summed E-state index contributed by atoms with van der Waals surface area (Å²) in [5.41, 5.74) is 3.18. The molecule has 1 aliphatic heterocycles. The lowest BCUT2D eigenvalue weighted by atomic mass is 9.75. The van der Waals surface area contributed by atoms with Crippen molar-refractivity contribution < 1.29 is 28.5 Å². The van der Waals surface area contributed by atoms with E-state index in [1.165, 1.54) is 19.2 Å². The van der Waals surface area contributed by atoms with Crippen LogP contribution in [0.15, 0.2) is 57.7 Å². The highest BCUT2D eigenvalue weighted by Gasteiger charge is 2.42. The standard InChI is InChI=1S/C29H33N5O7/c1-17-25(27(26(18(2)30-17)29(35)40-6)20-8-7-9-21(15-20)34(36)37)28-31-24(32-41-28)16-33(3)13-12-19-10-11-22(38-4)23(14-19)39-5/h7-11,14-15,26-27H,12-13,16H2,1-6H3. The number of ether oxygens (including phenoxy) is 3. The maximum absolute atomic E-state index is 12.9. The SMILES string of the molecule is COC(=O)C1C(C)=NC(C)=C(c2nc(CN(C)CCc3ccc(OC)c(OC)c3)no2)C1c1cccc([N+](=O)[O-])c1. The number of aliphatic imine (C=N–C) groups is 1. The number of likely N-dealkylation sites (N-methyl/N-ethyl adjacent to an activating group) is 1. The van der Waals surface area contributed by atoms with Crippen LogP contribution in [0.5, 0.6) is 11.5 Å². The first-order chi connectivity index (χ1) is 19.7. The van der Waals surface area contributed by atoms with Gasteiger partial charge in [0.15, 0.2) is 17.3 Å². The number of carbonyl (C=O) groups is 1. The summed E-state index contributed by atoms with van der Waals surface area (Å²) >= 11 is 0. The van der Waals surface area contributed by atoms with Crippen molar-refractivity contribution >= 4 is 22.9 Å². The predicted octanol–water partition coefficient (Wildman–Crippen LogP) is 4.45. The van der Waals surface area contributed by atoms with Gasteiger partial charge in [0.2, 0.25) is 0 Å². The fourth-order valence-corrected chi connectivity index (χ4v) is 5.04. The monoisotopic (exact) mass is 563 g/mol. The third kappa shape index (κ3) is 6.43. The van der Waals surface area contributed by atoms with Gasteiger partial charge in [-0.1, -0.05) is 23.4 Å². The van der Waals surface area contributed by atoms with Crippen molar-refractivity contribution in [2.24, 2.45) is 10.9 Å². The Balaban J connectivity index is 1.59. The van der Waals surface area contributed by atoms with E-state index in [9.17, 15) is 14.9 Å². The fourth-order valence-electron chi connectivity index (χ4n) is 5.04. The molecule has 0 bridgehead atoms. The summed E-state index contributed by atoms with van der Waals surface area (Å²) in [7, 11) is 6.46. The normalized spacial score (nSPS) is 16.9. The topological polar surface area (TPSA) is 142 Å². The number of benzene rings is 2. The molecule has 2 aromatic carbocycles. The van der Waals surface area contributed by atoms with Crippen LogP contribution in [0.2, 0.25) is 0 Å². The number of allylic oxidation sites excluding steroid dienone is 2. The summed E-state index contributed by atoms with van der Waals surface area (Å²) in [6, 6.07) is 12.0. The zero-order valence-electron chi connectivity index (χ0n) is 23.9. The van der Waals surface area contributed by atoms with Gasteiger partial charge in [-0.15, -0.1) is 0 Å². The molecule has 0 fully saturated rings. The molecule has 0 aliphatic carbocycles. The van der Waals surface area contributed by atoms with Crippen molar-refractivity contribution in [1.29, 1.82) is 0 Å². The molecule has 2 unspecified atom stereocenters. The molecule has 1 aliphatic rings. The van der Waals surface area contributed by atoms with Crippen molar-refractivity contribution in [3.05, 3.63) is 81.1 Å². The van der Waals surface area contributed by atoms with Crippen molar-refractivity contribution in [1.82, 2.24) is 15.0 Å². The summed E-state index contributed by atoms with van der Waals surface area (Å²) in [5.74, 6) is 0.00134. The second-order valence-electron chi connectivity index (χ2n) is 9.78. The fraction of sp³-hybridized carbons (Fsp3) is 0.379. The van der Waals surface area contributed by atoms with E-state index in [4.69, 9.17) is 18.7 Å². The number of nitro benzene ring substituents is 1. The van der Waals surface area contributed by atoms with Crippen molar-refractivity contribution in [2.45, 2.75) is 32.7 Å². The third-order valence-electron chi connectivity index (χ3n) is 7.06. The highest BCUT2D eigenvalue weighted by atomic mass is 16.6. The number of methoxy groups -OCH3 is 3. The number of esters is 1. The van der Waals surface area contributed by atoms with Crippen LogP contribution in [-0.2, 0) is 22.5 Å². The van der Waals surface area contributed by atoms with Crippen LogP contribution in [0.3, 0.4) is 0 Å². The van der Waals surface area contributed by atoms with E-state index in [0.717, 1.165) is 12.0 Å². The molecule has 0 saturated heterocycles. The second-order valence-corrected chi connectivity index (χ2v) is 9.78. The van der Waals surface area contributed by atoms with Crippen LogP contribution < -0.4 is 9.47 Å². The molecule has 4 rings (SSSR count). The highest BCUT2D eigenvalue weighted by molar-refractivity contribution is 6.06. The van der Waals surface area contributed by atoms with Gasteiger partial charge in [0.05, 0.1) is 32.8 Å². The minimum Gasteiger partial charge on any atom is -0.493 e. The molecule has 2 heterocycles. The molecule has 0 amide bonds. The number of nitrogens with zero attached hydrogens (tertiary/aromatic N) is 5. The first kappa shape index (κ1) is 29.4. The Labute approximate surface area is 237 Å². The van der Waals surface area contributed by atoms with Gasteiger partial charge in [-0.3, -0.25) is 24.8 Å². The predicted molar refractivity (Wildman–Crippen MR) is 151 cm³/mol. The average Bonchev–Trinajstić information content (AvgIpc) is 3.42. The number of nitro groups is 1. The largest absolute Gasteiger partial charge is 0.493 e. The molecule has 0 spiro atoms. The lowest BCUT2D eigenvalue weighted by Gasteiger charge is -2.30. The second kappa shape index (κ2) is 12.7. The van der Waals surface area contributed by atoms with Gasteiger partial charge in [-0.05, 0) is 50.6 Å². The van der Waals surface area contributed by atoms with Gasteiger partial charge in [0.1, 0.15) is 5.92 Å². The van der Waals surface area contributed by atoms with E-state index in [0.29, 0.717) is 53.0 Å². The summed E-state index contributed by atoms with van der Waals surface area (Å²) in [6.45, 7) is 4.65. The quantitative estimate of drug-likeness (QED) is 0.186. The van der Waals surface area contributed by atoms with Crippen LogP contribution in [-0.4, -0.2) is 66.6 Å². The van der Waals surface area contributed by atoms with Crippen molar-refractivity contribution in [3.8, 4) is 11.5 Å². The zero-order valence-corrected chi connectivity index (χ0v) is 23.9. The summed E-state index contributed by atoms with van der Waals surface area (Å²) in [4.78, 5) is 35.3. The van der Waals surface area contributed by atoms with Crippen LogP contribution >= 0.6 is 0 Å². The number of rotatable bonds is 11. The van der Waals surface area contributed by atoms with Crippen LogP contribution in [0, 0.1) is 16.0 Å². The van der Waals surface area contributed by atoms with Crippen LogP contribution in [0.25, 0.3) is 5.57 Å². The summed E-state index contributed by atoms with van der Waals surface area (Å²) < 4.78 is 21.5. The Morgan fingerprint density at radius 2 is 1.85 bits per heavy atom. The zero-order chi connectivity index (χ0) is 29.7. The Morgan fingerprint density at radius 3 is 2.54 bits per heavy atom. The number of hydrogen-bond acceptors (Lipinski definition) is 11. The van der Waals surface area contributed by atoms with Gasteiger partial charge < -0.3 is 18.7 Å². The summed E-state index contributed by atoms with van der Waals surface area (Å²) in [6.07, 6.45) is 0.759. The Kier molecular flexibility index (Phi) is 9.13. The molecular weight excluding hydrogens is 530 g/mol. The Morgan fingerprint density at radius 1 is 1.10 bits per heavy atom. The highest BCUT2D eigenvalue weighted by Crippen LogP contribution is 2.44. The molecular formula is C29H33N5O7. The van der Waals surface area contributed by atoms with Gasteiger partial charge in [-0.2, -0.15) is 4.98 Å². The van der Waals surface area contributed by atoms with Crippen molar-refractivity contribution in [3.63, 3.8) is 0 Å². The molecule has 12 heteroatoms. The molecule has 0 saturated carbocycles. The van der Waals surface area contributed by atoms with Crippen LogP contribution in [0.1, 0.15) is 42.6 Å². The maximum atomic E-state index is 12.9. The molecule has 0 radical (unpaired) electrons. The van der Waals surface area contributed by atoms with E-state index in [1.54, 1.807) is 40.2 Å². The van der Waals surface area contributed by atoms with Crippen molar-refractivity contribution in [2.75, 3.05) is 34.9 Å². The molecule has 41 heavy (non-hydrogen) atoms. The first-order valence-corrected chi connectivity index (χ1v) is 13.0. The Bertz CT molecular complexity index is 1500. The van der Waals surface area contributed by atoms with Gasteiger partial charge in [0, 0.05) is 41.6 Å². The third-order valence-corrected chi connectivity index (χ3v) is 7.06. The Hall–Kier alpha value is -4.58. The molecule has 216 valence electrons. The van der Waals surface area contributed by atoms with Gasteiger partial charge in [-0.25, -0.2) is 0 Å². The van der Waals surface area contributed by atoms with E-state index in [1.807, 2.05) is 25.2 Å². The molecule has 0 N–H and O–H groups in total. The minimum atomic E-state index is -0.819. The molecule has 1 aromatic heterocycles. The van der Waals surface area contributed by atoms with E-state index >= 15 is 0 Å². The lowest BCUT2D eigenvalue weighted by Crippen LogP contribution is -2.33. The molecule has 12 nitrogen and oxygen atoms in total. The first-order valence-electron chi connectivity index (χ1n) is 13.0. The smallest absolute Gasteiger partial charge is 0.315 e. The summed E-state index contributed by atoms with van der Waals surface area (Å²) in [5, 5.41) is 15.7. The lowest BCUT2D eigenvalue weighted by molar-refractivity contribution is -0.384. The van der Waals surface area contributed by atoms with E-state index in [2.05, 4.69) is 20.0 Å². The van der Waals surface area contributed by atoms with Gasteiger partial charge >= 0.3 is 5.97 Å². The molecule has 2 atom stereocenters. The average molecular weight is 564 g/mol. The number of hydrogen-bond donors (Lipinski definition) is 0. The number of non-ortho nitro benzene ring substituents is 1. The molecule has 3 aromatic rings. The van der Waals surface area contributed by atoms with Gasteiger partial charge in [0.25, 0.3) is 11.6 Å². The minimum absolute atomic E-state index is 0.0920. The van der Waals surface area contributed by atoms with E-state index in [-0.39, 0.29) is 11.6 Å². The van der Waals surface area contributed by atoms with Crippen LogP contribution in [0.4, 0.5) is 5.69 Å². The number of carbonyl (C=O) groups excluding carboxylic acids is 1. The van der Waals surface area contributed by atoms with E-state index < -0.39 is 22.7 Å².